The Labute approximate surface area is 75.6 Å². The van der Waals surface area contributed by atoms with E-state index in [4.69, 9.17) is 15.1 Å². The fourth-order valence-corrected chi connectivity index (χ4v) is 0.600. The second-order valence-electron chi connectivity index (χ2n) is 1.68. The van der Waals surface area contributed by atoms with Crippen LogP contribution in [0, 0.1) is 0 Å². The molecule has 0 bridgehead atoms. The van der Waals surface area contributed by atoms with Crippen LogP contribution in [0.2, 0.25) is 0 Å². The number of thiol groups is 1. The predicted octanol–water partition coefficient (Wildman–Crippen LogP) is 0.0760. The second kappa shape index (κ2) is 8.54. The van der Waals surface area contributed by atoms with Crippen LogP contribution >= 0.6 is 12.6 Å². The number of hydrogen-bond donors (Lipinski definition) is 4. The van der Waals surface area contributed by atoms with Crippen LogP contribution in [0.1, 0.15) is 0 Å². The summed E-state index contributed by atoms with van der Waals surface area (Å²) >= 11 is 4.08. The zero-order valence-corrected chi connectivity index (χ0v) is 7.06. The van der Waals surface area contributed by atoms with Crippen molar-refractivity contribution in [3.05, 3.63) is 30.3 Å². The largest absolute Gasteiger partial charge is 0.631 e. The molecule has 0 saturated carbocycles. The average molecular weight is 192 g/mol. The van der Waals surface area contributed by atoms with Gasteiger partial charge in [0.05, 0.1) is 0 Å². The van der Waals surface area contributed by atoms with E-state index in [1.165, 1.54) is 0 Å². The van der Waals surface area contributed by atoms with E-state index in [9.17, 15) is 0 Å². The Kier molecular flexibility index (Phi) is 9.96. The Morgan fingerprint density at radius 1 is 1.00 bits per heavy atom. The summed E-state index contributed by atoms with van der Waals surface area (Å²) in [5.74, 6) is 0. The predicted molar refractivity (Wildman–Crippen MR) is 48.6 cm³/mol. The first-order valence-corrected chi connectivity index (χ1v) is 3.36. The van der Waals surface area contributed by atoms with Gasteiger partial charge >= 0.3 is 7.32 Å². The second-order valence-corrected chi connectivity index (χ2v) is 2.20. The van der Waals surface area contributed by atoms with Gasteiger partial charge in [0.2, 0.25) is 0 Å². The maximum atomic E-state index is 7.17. The van der Waals surface area contributed by atoms with Gasteiger partial charge in [0.1, 0.15) is 0 Å². The highest BCUT2D eigenvalue weighted by Gasteiger charge is 1.92. The standard InChI is InChI=1S/C6H6S.BH3O3.FH/c7-6-4-2-1-3-5-6;2-1(3)4;/h1-5,7H;2-4H;1H. The summed E-state index contributed by atoms with van der Waals surface area (Å²) < 4.78 is 0. The van der Waals surface area contributed by atoms with E-state index in [2.05, 4.69) is 12.6 Å². The fourth-order valence-electron chi connectivity index (χ4n) is 0.428. The van der Waals surface area contributed by atoms with Crippen molar-refractivity contribution < 1.29 is 19.8 Å². The molecule has 12 heavy (non-hydrogen) atoms. The van der Waals surface area contributed by atoms with Crippen molar-refractivity contribution in [2.75, 3.05) is 0 Å². The Morgan fingerprint density at radius 2 is 1.33 bits per heavy atom. The quantitative estimate of drug-likeness (QED) is 0.347. The molecule has 68 valence electrons. The summed E-state index contributed by atoms with van der Waals surface area (Å²) in [5.41, 5.74) is 0. The number of hydrogen-bond acceptors (Lipinski definition) is 4. The highest BCUT2D eigenvalue weighted by atomic mass is 32.1. The van der Waals surface area contributed by atoms with Gasteiger partial charge in [-0.3, -0.25) is 4.70 Å². The lowest BCUT2D eigenvalue weighted by Crippen LogP contribution is -2.07. The van der Waals surface area contributed by atoms with E-state index in [1.807, 2.05) is 30.3 Å². The molecular weight excluding hydrogens is 182 g/mol. The normalized spacial score (nSPS) is 7.33. The molecule has 0 aromatic heterocycles. The van der Waals surface area contributed by atoms with Gasteiger partial charge in [-0.05, 0) is 12.1 Å². The average Bonchev–Trinajstić information content (AvgIpc) is 1.87. The lowest BCUT2D eigenvalue weighted by atomic mass is 10.3. The Balaban J connectivity index is 0. The topological polar surface area (TPSA) is 60.7 Å². The van der Waals surface area contributed by atoms with E-state index >= 15 is 0 Å². The molecule has 0 fully saturated rings. The van der Waals surface area contributed by atoms with Crippen LogP contribution in [-0.4, -0.2) is 22.4 Å². The van der Waals surface area contributed by atoms with Crippen LogP contribution in [0.25, 0.3) is 0 Å². The lowest BCUT2D eigenvalue weighted by Gasteiger charge is -1.81. The van der Waals surface area contributed by atoms with Crippen molar-refractivity contribution in [1.29, 1.82) is 0 Å². The van der Waals surface area contributed by atoms with Gasteiger partial charge in [0, 0.05) is 4.90 Å². The SMILES string of the molecule is F.OB(O)O.Sc1ccccc1. The van der Waals surface area contributed by atoms with Crippen LogP contribution in [-0.2, 0) is 0 Å². The zero-order chi connectivity index (χ0) is 8.69. The van der Waals surface area contributed by atoms with E-state index in [1.54, 1.807) is 0 Å². The summed E-state index contributed by atoms with van der Waals surface area (Å²) in [6, 6.07) is 9.79. The van der Waals surface area contributed by atoms with E-state index in [0.29, 0.717) is 0 Å². The Morgan fingerprint density at radius 3 is 1.50 bits per heavy atom. The molecule has 0 unspecified atom stereocenters. The van der Waals surface area contributed by atoms with E-state index < -0.39 is 7.32 Å². The molecule has 6 heteroatoms. The molecule has 3 nitrogen and oxygen atoms in total. The molecule has 1 aromatic carbocycles. The van der Waals surface area contributed by atoms with E-state index in [-0.39, 0.29) is 4.70 Å². The van der Waals surface area contributed by atoms with Crippen molar-refractivity contribution in [1.82, 2.24) is 0 Å². The molecule has 0 aliphatic carbocycles. The Hall–Kier alpha value is -0.555. The highest BCUT2D eigenvalue weighted by molar-refractivity contribution is 7.80. The molecular formula is C6H10BFO3S. The van der Waals surface area contributed by atoms with E-state index in [0.717, 1.165) is 4.90 Å². The smallest absolute Gasteiger partial charge is 0.402 e. The van der Waals surface area contributed by atoms with Gasteiger partial charge in [0.25, 0.3) is 0 Å². The summed E-state index contributed by atoms with van der Waals surface area (Å²) in [4.78, 5) is 1.02. The van der Waals surface area contributed by atoms with Crippen LogP contribution in [0.5, 0.6) is 0 Å². The molecule has 1 aromatic rings. The minimum atomic E-state index is -2.17. The van der Waals surface area contributed by atoms with Crippen molar-refractivity contribution in [2.24, 2.45) is 0 Å². The lowest BCUT2D eigenvalue weighted by molar-refractivity contribution is 0.278. The summed E-state index contributed by atoms with van der Waals surface area (Å²) in [5, 5.41) is 21.5. The first-order valence-electron chi connectivity index (χ1n) is 2.91. The molecule has 0 saturated heterocycles. The number of rotatable bonds is 0. The third-order valence-corrected chi connectivity index (χ3v) is 1.05. The third-order valence-electron chi connectivity index (χ3n) is 0.756. The molecule has 0 spiro atoms. The van der Waals surface area contributed by atoms with Gasteiger partial charge in [-0.1, -0.05) is 18.2 Å². The van der Waals surface area contributed by atoms with Crippen molar-refractivity contribution in [2.45, 2.75) is 4.90 Å². The van der Waals surface area contributed by atoms with Gasteiger partial charge < -0.3 is 15.1 Å². The third kappa shape index (κ3) is 12.2. The van der Waals surface area contributed by atoms with Crippen molar-refractivity contribution >= 4 is 20.0 Å². The molecule has 0 radical (unpaired) electrons. The molecule has 0 amide bonds. The van der Waals surface area contributed by atoms with Gasteiger partial charge in [-0.25, -0.2) is 0 Å². The van der Waals surface area contributed by atoms with Crippen LogP contribution < -0.4 is 0 Å². The number of benzene rings is 1. The molecule has 0 aliphatic heterocycles. The molecule has 0 atom stereocenters. The zero-order valence-electron chi connectivity index (χ0n) is 6.16. The maximum absolute atomic E-state index is 7.17. The fraction of sp³-hybridized carbons (Fsp3) is 0. The van der Waals surface area contributed by atoms with Crippen molar-refractivity contribution in [3.63, 3.8) is 0 Å². The molecule has 0 aliphatic rings. The molecule has 1 rings (SSSR count). The van der Waals surface area contributed by atoms with Gasteiger partial charge in [-0.2, -0.15) is 0 Å². The highest BCUT2D eigenvalue weighted by Crippen LogP contribution is 2.00. The monoisotopic (exact) mass is 192 g/mol. The first-order chi connectivity index (χ1) is 5.13. The number of halogens is 1. The minimum Gasteiger partial charge on any atom is -0.402 e. The van der Waals surface area contributed by atoms with Crippen molar-refractivity contribution in [3.8, 4) is 0 Å². The molecule has 0 heterocycles. The van der Waals surface area contributed by atoms with Gasteiger partial charge in [0.15, 0.2) is 0 Å². The first kappa shape index (κ1) is 14.0. The summed E-state index contributed by atoms with van der Waals surface area (Å²) in [6.45, 7) is 0. The molecule has 3 N–H and O–H groups in total. The summed E-state index contributed by atoms with van der Waals surface area (Å²) in [7, 11) is -2.17. The van der Waals surface area contributed by atoms with Crippen LogP contribution in [0.4, 0.5) is 4.70 Å². The minimum absolute atomic E-state index is 0. The Bertz CT molecular complexity index is 183. The van der Waals surface area contributed by atoms with Crippen LogP contribution in [0.15, 0.2) is 35.2 Å². The summed E-state index contributed by atoms with van der Waals surface area (Å²) in [6.07, 6.45) is 0. The van der Waals surface area contributed by atoms with Gasteiger partial charge in [-0.15, -0.1) is 12.6 Å². The van der Waals surface area contributed by atoms with Crippen LogP contribution in [0.3, 0.4) is 0 Å². The maximum Gasteiger partial charge on any atom is 0.631 e.